The first-order valence-electron chi connectivity index (χ1n) is 8.21. The van der Waals surface area contributed by atoms with E-state index in [-0.39, 0.29) is 12.4 Å². The summed E-state index contributed by atoms with van der Waals surface area (Å²) in [4.78, 5) is 24.3. The average molecular weight is 370 g/mol. The van der Waals surface area contributed by atoms with Crippen LogP contribution in [0.5, 0.6) is 5.75 Å². The lowest BCUT2D eigenvalue weighted by Gasteiger charge is -2.04. The number of methoxy groups -OCH3 is 1. The van der Waals surface area contributed by atoms with Gasteiger partial charge in [-0.1, -0.05) is 0 Å². The molecule has 140 valence electrons. The molecule has 0 bridgehead atoms. The van der Waals surface area contributed by atoms with E-state index in [2.05, 4.69) is 0 Å². The molecule has 0 aliphatic rings. The molecule has 0 aliphatic carbocycles. The highest BCUT2D eigenvalue weighted by atomic mass is 16.6. The van der Waals surface area contributed by atoms with Crippen LogP contribution in [0.2, 0.25) is 0 Å². The summed E-state index contributed by atoms with van der Waals surface area (Å²) in [5.74, 6) is 0.144. The van der Waals surface area contributed by atoms with Crippen LogP contribution in [-0.4, -0.2) is 32.3 Å². The van der Waals surface area contributed by atoms with Gasteiger partial charge in [-0.2, -0.15) is 0 Å². The van der Waals surface area contributed by atoms with Gasteiger partial charge in [0.1, 0.15) is 35.0 Å². The Morgan fingerprint density at radius 3 is 2.78 bits per heavy atom. The molecule has 1 aromatic carbocycles. The Labute approximate surface area is 155 Å². The number of rotatable bonds is 7. The Morgan fingerprint density at radius 2 is 2.04 bits per heavy atom. The van der Waals surface area contributed by atoms with Gasteiger partial charge in [-0.05, 0) is 43.3 Å². The van der Waals surface area contributed by atoms with Crippen molar-refractivity contribution in [2.45, 2.75) is 6.92 Å². The van der Waals surface area contributed by atoms with Crippen LogP contribution in [0.4, 0.5) is 0 Å². The third-order valence-corrected chi connectivity index (χ3v) is 3.71. The van der Waals surface area contributed by atoms with Gasteiger partial charge in [-0.15, -0.1) is 0 Å². The topological polar surface area (TPSA) is 88.1 Å². The van der Waals surface area contributed by atoms with Crippen molar-refractivity contribution in [2.24, 2.45) is 0 Å². The first kappa shape index (κ1) is 18.5. The Hall–Kier alpha value is -3.32. The zero-order chi connectivity index (χ0) is 19.2. The fourth-order valence-electron chi connectivity index (χ4n) is 2.49. The molecule has 2 aromatic heterocycles. The zero-order valence-electron chi connectivity index (χ0n) is 14.9. The SMILES string of the molecule is COCCOC(=O)c1c(C)oc2ccc(OC(=O)C=Cc3ccco3)cc12. The van der Waals surface area contributed by atoms with Crippen LogP contribution in [0.3, 0.4) is 0 Å². The maximum absolute atomic E-state index is 12.3. The summed E-state index contributed by atoms with van der Waals surface area (Å²) in [5, 5.41) is 0.509. The Kier molecular flexibility index (Phi) is 5.73. The third-order valence-electron chi connectivity index (χ3n) is 3.71. The summed E-state index contributed by atoms with van der Waals surface area (Å²) in [6.45, 7) is 2.10. The van der Waals surface area contributed by atoms with E-state index in [9.17, 15) is 9.59 Å². The molecule has 3 rings (SSSR count). The number of carbonyl (C=O) groups is 2. The molecule has 27 heavy (non-hydrogen) atoms. The van der Waals surface area contributed by atoms with Gasteiger partial charge >= 0.3 is 11.9 Å². The van der Waals surface area contributed by atoms with Crippen LogP contribution >= 0.6 is 0 Å². The van der Waals surface area contributed by atoms with Crippen molar-refractivity contribution in [2.75, 3.05) is 20.3 Å². The Balaban J connectivity index is 1.78. The van der Waals surface area contributed by atoms with Gasteiger partial charge in [0.05, 0.1) is 12.9 Å². The van der Waals surface area contributed by atoms with E-state index in [1.54, 1.807) is 37.3 Å². The highest BCUT2D eigenvalue weighted by Gasteiger charge is 2.20. The molecular formula is C20H18O7. The molecule has 7 heteroatoms. The number of hydrogen-bond acceptors (Lipinski definition) is 7. The number of carbonyl (C=O) groups excluding carboxylic acids is 2. The fraction of sp³-hybridized carbons (Fsp3) is 0.200. The van der Waals surface area contributed by atoms with E-state index >= 15 is 0 Å². The van der Waals surface area contributed by atoms with Crippen LogP contribution in [0.25, 0.3) is 17.0 Å². The molecule has 2 heterocycles. The molecule has 0 N–H and O–H groups in total. The number of benzene rings is 1. The van der Waals surface area contributed by atoms with Crippen molar-refractivity contribution in [3.63, 3.8) is 0 Å². The molecule has 0 atom stereocenters. The maximum Gasteiger partial charge on any atom is 0.342 e. The highest BCUT2D eigenvalue weighted by Crippen LogP contribution is 2.29. The minimum absolute atomic E-state index is 0.133. The number of furan rings is 2. The van der Waals surface area contributed by atoms with Gasteiger partial charge in [-0.25, -0.2) is 9.59 Å². The Bertz CT molecular complexity index is 964. The molecule has 0 amide bonds. The van der Waals surface area contributed by atoms with Crippen molar-refractivity contribution in [1.29, 1.82) is 0 Å². The number of fused-ring (bicyclic) bond motifs is 1. The highest BCUT2D eigenvalue weighted by molar-refractivity contribution is 6.05. The van der Waals surface area contributed by atoms with E-state index in [4.69, 9.17) is 23.0 Å². The minimum Gasteiger partial charge on any atom is -0.465 e. The molecule has 0 aliphatic heterocycles. The fourth-order valence-corrected chi connectivity index (χ4v) is 2.49. The molecule has 0 saturated heterocycles. The van der Waals surface area contributed by atoms with Crippen molar-refractivity contribution < 1.29 is 32.6 Å². The molecule has 7 nitrogen and oxygen atoms in total. The van der Waals surface area contributed by atoms with Gasteiger partial charge in [-0.3, -0.25) is 0 Å². The van der Waals surface area contributed by atoms with Crippen LogP contribution in [0, 0.1) is 6.92 Å². The smallest absolute Gasteiger partial charge is 0.342 e. The number of aryl methyl sites for hydroxylation is 1. The second kappa shape index (κ2) is 8.37. The summed E-state index contributed by atoms with van der Waals surface area (Å²) in [6, 6.07) is 8.22. The van der Waals surface area contributed by atoms with Gasteiger partial charge in [0, 0.05) is 18.6 Å². The first-order valence-corrected chi connectivity index (χ1v) is 8.21. The van der Waals surface area contributed by atoms with Crippen molar-refractivity contribution in [3.8, 4) is 5.75 Å². The van der Waals surface area contributed by atoms with Crippen LogP contribution in [-0.2, 0) is 14.3 Å². The van der Waals surface area contributed by atoms with Crippen LogP contribution < -0.4 is 4.74 Å². The average Bonchev–Trinajstić information content (AvgIpc) is 3.26. The lowest BCUT2D eigenvalue weighted by Crippen LogP contribution is -2.10. The predicted molar refractivity (Wildman–Crippen MR) is 96.5 cm³/mol. The van der Waals surface area contributed by atoms with Crippen LogP contribution in [0.1, 0.15) is 21.9 Å². The van der Waals surface area contributed by atoms with Crippen molar-refractivity contribution >= 4 is 29.0 Å². The lowest BCUT2D eigenvalue weighted by atomic mass is 10.1. The van der Waals surface area contributed by atoms with Gasteiger partial charge in [0.25, 0.3) is 0 Å². The molecule has 0 unspecified atom stereocenters. The number of hydrogen-bond donors (Lipinski definition) is 0. The van der Waals surface area contributed by atoms with Crippen molar-refractivity contribution in [1.82, 2.24) is 0 Å². The first-order chi connectivity index (χ1) is 13.1. The predicted octanol–water partition coefficient (Wildman–Crippen LogP) is 3.76. The summed E-state index contributed by atoms with van der Waals surface area (Å²) >= 11 is 0. The summed E-state index contributed by atoms with van der Waals surface area (Å²) in [6.07, 6.45) is 4.26. The van der Waals surface area contributed by atoms with E-state index in [0.29, 0.717) is 34.7 Å². The lowest BCUT2D eigenvalue weighted by molar-refractivity contribution is -0.128. The molecule has 0 saturated carbocycles. The quantitative estimate of drug-likeness (QED) is 0.271. The normalized spacial score (nSPS) is 11.2. The summed E-state index contributed by atoms with van der Waals surface area (Å²) < 4.78 is 26.0. The maximum atomic E-state index is 12.3. The summed E-state index contributed by atoms with van der Waals surface area (Å²) in [7, 11) is 1.52. The minimum atomic E-state index is -0.574. The largest absolute Gasteiger partial charge is 0.465 e. The second-order valence-corrected chi connectivity index (χ2v) is 5.59. The summed E-state index contributed by atoms with van der Waals surface area (Å²) in [5.41, 5.74) is 0.794. The van der Waals surface area contributed by atoms with E-state index in [1.807, 2.05) is 0 Å². The molecule has 3 aromatic rings. The van der Waals surface area contributed by atoms with Crippen LogP contribution in [0.15, 0.2) is 51.5 Å². The molecule has 0 fully saturated rings. The van der Waals surface area contributed by atoms with Gasteiger partial charge < -0.3 is 23.0 Å². The third kappa shape index (κ3) is 4.45. The number of ether oxygens (including phenoxy) is 3. The van der Waals surface area contributed by atoms with E-state index in [0.717, 1.165) is 0 Å². The standard InChI is InChI=1S/C20H18O7/c1-13-19(20(22)25-11-10-23-2)16-12-15(5-7-17(16)26-13)27-18(21)8-6-14-4-3-9-24-14/h3-9,12H,10-11H2,1-2H3. The van der Waals surface area contributed by atoms with Gasteiger partial charge in [0.15, 0.2) is 0 Å². The van der Waals surface area contributed by atoms with Gasteiger partial charge in [0.2, 0.25) is 0 Å². The van der Waals surface area contributed by atoms with E-state index in [1.165, 1.54) is 25.5 Å². The zero-order valence-corrected chi connectivity index (χ0v) is 14.9. The van der Waals surface area contributed by atoms with E-state index < -0.39 is 11.9 Å². The molecule has 0 spiro atoms. The molecular weight excluding hydrogens is 352 g/mol. The van der Waals surface area contributed by atoms with Crippen molar-refractivity contribution in [3.05, 3.63) is 59.8 Å². The Morgan fingerprint density at radius 1 is 1.19 bits per heavy atom. The number of esters is 2. The second-order valence-electron chi connectivity index (χ2n) is 5.59. The monoisotopic (exact) mass is 370 g/mol. The molecule has 0 radical (unpaired) electrons.